The fourth-order valence-electron chi connectivity index (χ4n) is 1.79. The largest absolute Gasteiger partial charge is 0.478 e. The maximum absolute atomic E-state index is 10.7. The van der Waals surface area contributed by atoms with Crippen LogP contribution in [0.2, 0.25) is 19.6 Å². The Labute approximate surface area is 96.8 Å². The first-order valence-corrected chi connectivity index (χ1v) is 8.77. The lowest BCUT2D eigenvalue weighted by Gasteiger charge is -2.41. The maximum Gasteiger partial charge on any atom is 0.327 e. The molecule has 0 radical (unpaired) electrons. The van der Waals surface area contributed by atoms with Gasteiger partial charge in [0.1, 0.15) is 0 Å². The van der Waals surface area contributed by atoms with Crippen molar-refractivity contribution < 1.29 is 15.0 Å². The third-order valence-corrected chi connectivity index (χ3v) is 5.84. The molecule has 0 fully saturated rings. The molecule has 2 N–H and O–H groups in total. The van der Waals surface area contributed by atoms with Gasteiger partial charge in [0.15, 0.2) is 0 Å². The monoisotopic (exact) mass is 238 g/mol. The molecule has 0 saturated carbocycles. The third-order valence-electron chi connectivity index (χ3n) is 2.94. The minimum atomic E-state index is -1.84. The highest BCUT2D eigenvalue weighted by atomic mass is 28.3. The molecule has 1 aliphatic carbocycles. The molecule has 0 aromatic carbocycles. The zero-order valence-electron chi connectivity index (χ0n) is 9.84. The van der Waals surface area contributed by atoms with E-state index >= 15 is 0 Å². The predicted molar refractivity (Wildman–Crippen MR) is 66.8 cm³/mol. The van der Waals surface area contributed by atoms with Crippen LogP contribution in [0.5, 0.6) is 0 Å². The van der Waals surface area contributed by atoms with Crippen LogP contribution in [0.25, 0.3) is 0 Å². The first-order chi connectivity index (χ1) is 7.27. The van der Waals surface area contributed by atoms with Gasteiger partial charge in [-0.3, -0.25) is 0 Å². The Hall–Kier alpha value is -1.13. The number of carboxylic acids is 1. The van der Waals surface area contributed by atoms with Crippen LogP contribution in [0.4, 0.5) is 0 Å². The summed E-state index contributed by atoms with van der Waals surface area (Å²) in [6.45, 7) is 6.20. The van der Waals surface area contributed by atoms with E-state index in [1.54, 1.807) is 12.2 Å². The Kier molecular flexibility index (Phi) is 3.55. The quantitative estimate of drug-likeness (QED) is 0.584. The third kappa shape index (κ3) is 2.51. The first-order valence-electron chi connectivity index (χ1n) is 5.27. The molecule has 0 aromatic rings. The van der Waals surface area contributed by atoms with E-state index in [-0.39, 0.29) is 5.92 Å². The van der Waals surface area contributed by atoms with Crippen molar-refractivity contribution in [3.63, 3.8) is 0 Å². The highest BCUT2D eigenvalue weighted by molar-refractivity contribution is 6.79. The molecule has 2 atom stereocenters. The fraction of sp³-hybridized carbons (Fsp3) is 0.417. The summed E-state index contributed by atoms with van der Waals surface area (Å²) in [6, 6.07) is 0. The molecule has 0 aromatic heterocycles. The predicted octanol–water partition coefficient (Wildman–Crippen LogP) is 1.98. The van der Waals surface area contributed by atoms with Crippen molar-refractivity contribution in [1.82, 2.24) is 0 Å². The minimum Gasteiger partial charge on any atom is -0.478 e. The van der Waals surface area contributed by atoms with E-state index in [9.17, 15) is 9.90 Å². The minimum absolute atomic E-state index is 0.250. The maximum atomic E-state index is 10.7. The lowest BCUT2D eigenvalue weighted by atomic mass is 9.96. The van der Waals surface area contributed by atoms with Crippen molar-refractivity contribution in [3.05, 3.63) is 36.5 Å². The molecule has 0 saturated heterocycles. The van der Waals surface area contributed by atoms with Gasteiger partial charge in [-0.2, -0.15) is 0 Å². The summed E-state index contributed by atoms with van der Waals surface area (Å²) in [5.74, 6) is -1.24. The van der Waals surface area contributed by atoms with Crippen LogP contribution in [0, 0.1) is 5.92 Å². The number of carboxylic acid groups (broad SMARTS) is 1. The van der Waals surface area contributed by atoms with Gasteiger partial charge >= 0.3 is 5.97 Å². The van der Waals surface area contributed by atoms with Crippen LogP contribution < -0.4 is 0 Å². The molecule has 16 heavy (non-hydrogen) atoms. The van der Waals surface area contributed by atoms with Gasteiger partial charge in [-0.15, -0.1) is 0 Å². The number of allylic oxidation sites excluding steroid dienone is 2. The smallest absolute Gasteiger partial charge is 0.327 e. The Morgan fingerprint density at radius 3 is 2.50 bits per heavy atom. The number of rotatable bonds is 3. The van der Waals surface area contributed by atoms with Crippen LogP contribution in [0.15, 0.2) is 36.5 Å². The molecule has 0 amide bonds. The first kappa shape index (κ1) is 12.9. The second-order valence-electron chi connectivity index (χ2n) is 5.04. The summed E-state index contributed by atoms with van der Waals surface area (Å²) in [5, 5.41) is 18.4. The molecule has 3 nitrogen and oxygen atoms in total. The fourth-order valence-corrected chi connectivity index (χ4v) is 3.58. The van der Waals surface area contributed by atoms with Crippen molar-refractivity contribution in [1.29, 1.82) is 0 Å². The summed E-state index contributed by atoms with van der Waals surface area (Å²) in [7, 11) is -1.84. The summed E-state index contributed by atoms with van der Waals surface area (Å²) in [5.41, 5.74) is 0. The van der Waals surface area contributed by atoms with Crippen LogP contribution in [-0.2, 0) is 4.79 Å². The zero-order chi connectivity index (χ0) is 12.4. The number of carbonyl (C=O) groups is 1. The van der Waals surface area contributed by atoms with Gasteiger partial charge in [0, 0.05) is 12.0 Å². The van der Waals surface area contributed by atoms with Crippen LogP contribution in [0.3, 0.4) is 0 Å². The molecular formula is C12H18O3Si. The molecule has 1 aliphatic rings. The van der Waals surface area contributed by atoms with E-state index in [0.717, 1.165) is 6.08 Å². The van der Waals surface area contributed by atoms with Crippen LogP contribution >= 0.6 is 0 Å². The lowest BCUT2D eigenvalue weighted by Crippen LogP contribution is -2.55. The van der Waals surface area contributed by atoms with Crippen molar-refractivity contribution in [2.24, 2.45) is 5.92 Å². The van der Waals surface area contributed by atoms with Crippen LogP contribution in [0.1, 0.15) is 0 Å². The lowest BCUT2D eigenvalue weighted by molar-refractivity contribution is -0.131. The van der Waals surface area contributed by atoms with E-state index < -0.39 is 19.3 Å². The van der Waals surface area contributed by atoms with E-state index in [1.165, 1.54) is 0 Å². The van der Waals surface area contributed by atoms with Crippen molar-refractivity contribution >= 4 is 14.0 Å². The summed E-state index contributed by atoms with van der Waals surface area (Å²) < 4.78 is 0. The summed E-state index contributed by atoms with van der Waals surface area (Å²) >= 11 is 0. The summed E-state index contributed by atoms with van der Waals surface area (Å²) in [4.78, 5) is 10.5. The van der Waals surface area contributed by atoms with Gasteiger partial charge < -0.3 is 10.2 Å². The van der Waals surface area contributed by atoms with Gasteiger partial charge in [0.25, 0.3) is 0 Å². The number of aliphatic carboxylic acids is 1. The molecule has 88 valence electrons. The van der Waals surface area contributed by atoms with Crippen molar-refractivity contribution in [2.75, 3.05) is 0 Å². The standard InChI is InChI=1S/C12H18O3Si/c1-16(2,3)12(15)9-5-4-6-10(12)7-8-11(13)14/h4-10,15H,1-3H3,(H,13,14)/b8-7+. The zero-order valence-corrected chi connectivity index (χ0v) is 10.8. The van der Waals surface area contributed by atoms with Crippen molar-refractivity contribution in [2.45, 2.75) is 24.9 Å². The number of hydrogen-bond donors (Lipinski definition) is 2. The number of aliphatic hydroxyl groups is 1. The molecular weight excluding hydrogens is 220 g/mol. The molecule has 1 rings (SSSR count). The van der Waals surface area contributed by atoms with E-state index in [4.69, 9.17) is 5.11 Å². The van der Waals surface area contributed by atoms with E-state index in [1.807, 2.05) is 18.2 Å². The Bertz CT molecular complexity index is 363. The molecule has 2 unspecified atom stereocenters. The van der Waals surface area contributed by atoms with Gasteiger partial charge in [-0.1, -0.05) is 50.0 Å². The van der Waals surface area contributed by atoms with Gasteiger partial charge in [-0.05, 0) is 0 Å². The molecule has 0 heterocycles. The highest BCUT2D eigenvalue weighted by Crippen LogP contribution is 2.34. The normalized spacial score (nSPS) is 29.9. The Morgan fingerprint density at radius 1 is 1.38 bits per heavy atom. The van der Waals surface area contributed by atoms with Gasteiger partial charge in [0.2, 0.25) is 0 Å². The average Bonchev–Trinajstić information content (AvgIpc) is 2.14. The second-order valence-corrected chi connectivity index (χ2v) is 10.3. The average molecular weight is 238 g/mol. The van der Waals surface area contributed by atoms with E-state index in [2.05, 4.69) is 19.6 Å². The summed E-state index contributed by atoms with van der Waals surface area (Å²) in [6.07, 6.45) is 9.95. The van der Waals surface area contributed by atoms with E-state index in [0.29, 0.717) is 0 Å². The molecule has 4 heteroatoms. The topological polar surface area (TPSA) is 57.5 Å². The Morgan fingerprint density at radius 2 is 2.00 bits per heavy atom. The second kappa shape index (κ2) is 4.39. The molecule has 0 bridgehead atoms. The molecule has 0 spiro atoms. The highest BCUT2D eigenvalue weighted by Gasteiger charge is 2.44. The van der Waals surface area contributed by atoms with Crippen LogP contribution in [-0.4, -0.2) is 29.5 Å². The SMILES string of the molecule is C[Si](C)(C)C1(O)C=CC=CC1/C=C/C(=O)O. The Balaban J connectivity index is 3.03. The number of hydrogen-bond acceptors (Lipinski definition) is 2. The van der Waals surface area contributed by atoms with Gasteiger partial charge in [-0.25, -0.2) is 4.79 Å². The van der Waals surface area contributed by atoms with Gasteiger partial charge in [0.05, 0.1) is 13.3 Å². The molecule has 0 aliphatic heterocycles. The van der Waals surface area contributed by atoms with Crippen molar-refractivity contribution in [3.8, 4) is 0 Å².